The van der Waals surface area contributed by atoms with E-state index in [4.69, 9.17) is 21.5 Å². The second-order valence-electron chi connectivity index (χ2n) is 1.70. The number of hydrogen-bond donors (Lipinski definition) is 1. The summed E-state index contributed by atoms with van der Waals surface area (Å²) in [7, 11) is 0. The van der Waals surface area contributed by atoms with Crippen LogP contribution in [0.4, 0.5) is 5.69 Å². The Hall–Kier alpha value is -1.69. The Morgan fingerprint density at radius 1 is 1.62 bits per heavy atom. The van der Waals surface area contributed by atoms with Crippen LogP contribution >= 0.6 is 11.6 Å². The van der Waals surface area contributed by atoms with Crippen molar-refractivity contribution in [3.8, 4) is 0 Å². The molecule has 0 bridgehead atoms. The van der Waals surface area contributed by atoms with Gasteiger partial charge in [0.05, 0.1) is 4.92 Å². The number of rotatable bonds is 1. The second kappa shape index (κ2) is 5.90. The average molecular weight is 205 g/mol. The lowest BCUT2D eigenvalue weighted by Gasteiger charge is -1.88. The molecule has 0 spiro atoms. The van der Waals surface area contributed by atoms with Crippen LogP contribution in [-0.4, -0.2) is 21.5 Å². The van der Waals surface area contributed by atoms with Gasteiger partial charge < -0.3 is 5.11 Å². The van der Waals surface area contributed by atoms with E-state index in [2.05, 4.69) is 4.98 Å². The van der Waals surface area contributed by atoms with Gasteiger partial charge in [-0.3, -0.25) is 14.9 Å². The Morgan fingerprint density at radius 3 is 2.46 bits per heavy atom. The number of hydrogen-bond acceptors (Lipinski definition) is 4. The Kier molecular flexibility index (Phi) is 5.13. The predicted octanol–water partition coefficient (Wildman–Crippen LogP) is 1.34. The second-order valence-corrected chi connectivity index (χ2v) is 2.09. The molecule has 13 heavy (non-hydrogen) atoms. The maximum Gasteiger partial charge on any atom is 0.290 e. The highest BCUT2D eigenvalue weighted by Crippen LogP contribution is 2.10. The molecule has 1 N–H and O–H groups in total. The van der Waals surface area contributed by atoms with Gasteiger partial charge in [-0.2, -0.15) is 0 Å². The van der Waals surface area contributed by atoms with Crippen LogP contribution in [0.1, 0.15) is 0 Å². The number of carbonyl (C=O) groups is 1. The minimum absolute atomic E-state index is 0.0515. The predicted molar refractivity (Wildman–Crippen MR) is 44.6 cm³/mol. The van der Waals surface area contributed by atoms with Crippen molar-refractivity contribution in [2.45, 2.75) is 0 Å². The van der Waals surface area contributed by atoms with E-state index < -0.39 is 4.92 Å². The lowest BCUT2D eigenvalue weighted by atomic mass is 10.4. The Bertz CT molecular complexity index is 287. The number of carboxylic acid groups (broad SMARTS) is 1. The van der Waals surface area contributed by atoms with Crippen LogP contribution in [0.5, 0.6) is 0 Å². The Balaban J connectivity index is 0.000000424. The molecule has 1 aromatic heterocycles. The van der Waals surface area contributed by atoms with E-state index in [-0.39, 0.29) is 17.3 Å². The van der Waals surface area contributed by atoms with Crippen molar-refractivity contribution < 1.29 is 14.8 Å². The van der Waals surface area contributed by atoms with E-state index in [1.165, 1.54) is 12.1 Å². The van der Waals surface area contributed by atoms with E-state index in [0.717, 1.165) is 6.20 Å². The summed E-state index contributed by atoms with van der Waals surface area (Å²) in [6.07, 6.45) is 1.11. The van der Waals surface area contributed by atoms with Gasteiger partial charge in [0, 0.05) is 6.07 Å². The zero-order valence-corrected chi connectivity index (χ0v) is 7.01. The lowest BCUT2D eigenvalue weighted by molar-refractivity contribution is -0.385. The van der Waals surface area contributed by atoms with Crippen molar-refractivity contribution in [1.29, 1.82) is 0 Å². The number of nitrogens with zero attached hydrogens (tertiary/aromatic N) is 2. The Labute approximate surface area is 77.9 Å². The molecule has 0 aromatic carbocycles. The van der Waals surface area contributed by atoms with Crippen LogP contribution in [0.15, 0.2) is 18.3 Å². The molecular formula is C6H5ClN2O4. The topological polar surface area (TPSA) is 93.3 Å². The zero-order chi connectivity index (χ0) is 10.3. The largest absolute Gasteiger partial charge is 0.483 e. The highest BCUT2D eigenvalue weighted by atomic mass is 35.5. The van der Waals surface area contributed by atoms with Gasteiger partial charge in [0.1, 0.15) is 11.3 Å². The van der Waals surface area contributed by atoms with Gasteiger partial charge in [-0.15, -0.1) is 0 Å². The lowest BCUT2D eigenvalue weighted by Crippen LogP contribution is -1.87. The van der Waals surface area contributed by atoms with Gasteiger partial charge in [0.15, 0.2) is 0 Å². The Morgan fingerprint density at radius 2 is 2.15 bits per heavy atom. The first-order chi connectivity index (χ1) is 6.11. The van der Waals surface area contributed by atoms with Gasteiger partial charge in [0.25, 0.3) is 12.2 Å². The molecule has 0 amide bonds. The SMILES string of the molecule is O=CO.O=[N+]([O-])c1ccc(Cl)nc1. The molecule has 0 aliphatic rings. The fourth-order valence-corrected chi connectivity index (χ4v) is 0.588. The summed E-state index contributed by atoms with van der Waals surface area (Å²) in [4.78, 5) is 21.4. The molecule has 0 saturated carbocycles. The summed E-state index contributed by atoms with van der Waals surface area (Å²) in [5.74, 6) is 0. The number of halogens is 1. The average Bonchev–Trinajstić information content (AvgIpc) is 2.06. The molecule has 70 valence electrons. The van der Waals surface area contributed by atoms with Gasteiger partial charge in [-0.05, 0) is 6.07 Å². The van der Waals surface area contributed by atoms with Crippen molar-refractivity contribution in [3.05, 3.63) is 33.6 Å². The summed E-state index contributed by atoms with van der Waals surface area (Å²) in [5.41, 5.74) is -0.0515. The molecular weight excluding hydrogens is 200 g/mol. The molecule has 0 radical (unpaired) electrons. The fourth-order valence-electron chi connectivity index (χ4n) is 0.476. The smallest absolute Gasteiger partial charge is 0.290 e. The molecule has 1 heterocycles. The molecule has 0 aliphatic heterocycles. The summed E-state index contributed by atoms with van der Waals surface area (Å²) >= 11 is 5.38. The first-order valence-corrected chi connectivity index (χ1v) is 3.33. The van der Waals surface area contributed by atoms with Crippen molar-refractivity contribution in [3.63, 3.8) is 0 Å². The van der Waals surface area contributed by atoms with Gasteiger partial charge in [-0.1, -0.05) is 11.6 Å². The molecule has 6 nitrogen and oxygen atoms in total. The molecule has 1 rings (SSSR count). The number of nitro groups is 1. The van der Waals surface area contributed by atoms with E-state index >= 15 is 0 Å². The molecule has 0 unspecified atom stereocenters. The normalized spacial score (nSPS) is 8.08. The number of pyridine rings is 1. The molecule has 7 heteroatoms. The van der Waals surface area contributed by atoms with Crippen LogP contribution in [-0.2, 0) is 4.79 Å². The molecule has 0 aliphatic carbocycles. The minimum Gasteiger partial charge on any atom is -0.483 e. The van der Waals surface area contributed by atoms with Crippen LogP contribution in [0.3, 0.4) is 0 Å². The third kappa shape index (κ3) is 4.70. The minimum atomic E-state index is -0.524. The maximum atomic E-state index is 10.0. The maximum absolute atomic E-state index is 10.0. The quantitative estimate of drug-likeness (QED) is 0.322. The van der Waals surface area contributed by atoms with Gasteiger partial charge in [0.2, 0.25) is 0 Å². The van der Waals surface area contributed by atoms with E-state index in [1.54, 1.807) is 0 Å². The monoisotopic (exact) mass is 204 g/mol. The molecule has 1 aromatic rings. The summed E-state index contributed by atoms with van der Waals surface area (Å²) in [5, 5.41) is 17.2. The van der Waals surface area contributed by atoms with E-state index in [9.17, 15) is 10.1 Å². The highest BCUT2D eigenvalue weighted by molar-refractivity contribution is 6.29. The van der Waals surface area contributed by atoms with Crippen LogP contribution in [0, 0.1) is 10.1 Å². The summed E-state index contributed by atoms with van der Waals surface area (Å²) in [6, 6.07) is 2.68. The van der Waals surface area contributed by atoms with Crippen LogP contribution in [0.2, 0.25) is 5.15 Å². The van der Waals surface area contributed by atoms with Gasteiger partial charge in [-0.25, -0.2) is 4.98 Å². The van der Waals surface area contributed by atoms with Crippen molar-refractivity contribution >= 4 is 23.8 Å². The van der Waals surface area contributed by atoms with Gasteiger partial charge >= 0.3 is 0 Å². The first-order valence-electron chi connectivity index (χ1n) is 2.95. The third-order valence-electron chi connectivity index (χ3n) is 0.923. The third-order valence-corrected chi connectivity index (χ3v) is 1.15. The molecule has 0 fully saturated rings. The number of aromatic nitrogens is 1. The van der Waals surface area contributed by atoms with Crippen molar-refractivity contribution in [1.82, 2.24) is 4.98 Å². The highest BCUT2D eigenvalue weighted by Gasteiger charge is 2.02. The fraction of sp³-hybridized carbons (Fsp3) is 0. The standard InChI is InChI=1S/C5H3ClN2O2.CH2O2/c6-5-2-1-4(3-7-5)8(9)10;2-1-3/h1-3H;1H,(H,2,3). The molecule has 0 atom stereocenters. The molecule has 0 saturated heterocycles. The first kappa shape index (κ1) is 11.3. The van der Waals surface area contributed by atoms with Crippen molar-refractivity contribution in [2.75, 3.05) is 0 Å². The van der Waals surface area contributed by atoms with E-state index in [0.29, 0.717) is 0 Å². The van der Waals surface area contributed by atoms with Crippen LogP contribution in [0.25, 0.3) is 0 Å². The van der Waals surface area contributed by atoms with Crippen LogP contribution < -0.4 is 0 Å². The summed E-state index contributed by atoms with van der Waals surface area (Å²) in [6.45, 7) is -0.250. The van der Waals surface area contributed by atoms with E-state index in [1.807, 2.05) is 0 Å². The van der Waals surface area contributed by atoms with Crippen molar-refractivity contribution in [2.24, 2.45) is 0 Å². The zero-order valence-electron chi connectivity index (χ0n) is 6.25. The summed E-state index contributed by atoms with van der Waals surface area (Å²) < 4.78 is 0.